The zero-order valence-electron chi connectivity index (χ0n) is 11.4. The predicted molar refractivity (Wildman–Crippen MR) is 71.1 cm³/mol. The summed E-state index contributed by atoms with van der Waals surface area (Å²) in [6, 6.07) is 7.07. The molecule has 0 aliphatic rings. The fourth-order valence-electron chi connectivity index (χ4n) is 1.49. The lowest BCUT2D eigenvalue weighted by molar-refractivity contribution is -0.122. The lowest BCUT2D eigenvalue weighted by Gasteiger charge is -2.10. The number of ether oxygens (including phenoxy) is 2. The highest BCUT2D eigenvalue weighted by atomic mass is 16.5. The first-order chi connectivity index (χ1) is 9.05. The van der Waals surface area contributed by atoms with Gasteiger partial charge >= 0.3 is 0 Å². The second-order valence-corrected chi connectivity index (χ2v) is 4.33. The summed E-state index contributed by atoms with van der Waals surface area (Å²) in [5, 5.41) is 11.6. The van der Waals surface area contributed by atoms with Gasteiger partial charge in [-0.25, -0.2) is 0 Å². The van der Waals surface area contributed by atoms with Crippen LogP contribution in [0.5, 0.6) is 11.5 Å². The Bertz CT molecular complexity index is 478. The maximum absolute atomic E-state index is 11.4. The standard InChI is InChI=1S/C14H18N2O3/c1-10(2)16-14(17)4-5-19-13-7-11(9-15)6-12(8-13)18-3/h6-8,10H,4-5H2,1-3H3,(H,16,17). The van der Waals surface area contributed by atoms with Gasteiger partial charge in [-0.15, -0.1) is 0 Å². The highest BCUT2D eigenvalue weighted by Gasteiger charge is 2.05. The summed E-state index contributed by atoms with van der Waals surface area (Å²) in [4.78, 5) is 11.4. The molecule has 0 heterocycles. The first-order valence-electron chi connectivity index (χ1n) is 6.06. The van der Waals surface area contributed by atoms with Gasteiger partial charge in [0.2, 0.25) is 5.91 Å². The van der Waals surface area contributed by atoms with Crippen molar-refractivity contribution in [3.63, 3.8) is 0 Å². The summed E-state index contributed by atoms with van der Waals surface area (Å²) in [7, 11) is 1.52. The van der Waals surface area contributed by atoms with Gasteiger partial charge in [0.15, 0.2) is 0 Å². The molecule has 0 aromatic heterocycles. The summed E-state index contributed by atoms with van der Waals surface area (Å²) < 4.78 is 10.5. The average molecular weight is 262 g/mol. The van der Waals surface area contributed by atoms with Crippen molar-refractivity contribution in [2.45, 2.75) is 26.3 Å². The first-order valence-corrected chi connectivity index (χ1v) is 6.06. The van der Waals surface area contributed by atoms with Crippen molar-refractivity contribution in [1.82, 2.24) is 5.32 Å². The molecular formula is C14H18N2O3. The topological polar surface area (TPSA) is 71.3 Å². The van der Waals surface area contributed by atoms with E-state index in [1.54, 1.807) is 18.2 Å². The van der Waals surface area contributed by atoms with E-state index in [4.69, 9.17) is 14.7 Å². The molecular weight excluding hydrogens is 244 g/mol. The van der Waals surface area contributed by atoms with E-state index in [-0.39, 0.29) is 25.0 Å². The minimum Gasteiger partial charge on any atom is -0.497 e. The number of carbonyl (C=O) groups is 1. The van der Waals surface area contributed by atoms with Crippen molar-refractivity contribution >= 4 is 5.91 Å². The van der Waals surface area contributed by atoms with Gasteiger partial charge in [-0.1, -0.05) is 0 Å². The number of amides is 1. The number of rotatable bonds is 6. The van der Waals surface area contributed by atoms with Crippen LogP contribution in [0.2, 0.25) is 0 Å². The Balaban J connectivity index is 2.54. The van der Waals surface area contributed by atoms with E-state index in [1.165, 1.54) is 7.11 Å². The van der Waals surface area contributed by atoms with E-state index in [0.29, 0.717) is 17.1 Å². The summed E-state index contributed by atoms with van der Waals surface area (Å²) in [5.74, 6) is 1.02. The highest BCUT2D eigenvalue weighted by Crippen LogP contribution is 2.22. The van der Waals surface area contributed by atoms with Crippen LogP contribution in [-0.4, -0.2) is 25.7 Å². The Labute approximate surface area is 113 Å². The van der Waals surface area contributed by atoms with Crippen molar-refractivity contribution in [3.05, 3.63) is 23.8 Å². The SMILES string of the molecule is COc1cc(C#N)cc(OCCC(=O)NC(C)C)c1. The van der Waals surface area contributed by atoms with Crippen molar-refractivity contribution in [3.8, 4) is 17.6 Å². The molecule has 1 amide bonds. The van der Waals surface area contributed by atoms with E-state index in [9.17, 15) is 4.79 Å². The summed E-state index contributed by atoms with van der Waals surface area (Å²) in [5.41, 5.74) is 0.459. The molecule has 0 saturated carbocycles. The fraction of sp³-hybridized carbons (Fsp3) is 0.429. The van der Waals surface area contributed by atoms with Crippen LogP contribution in [0.15, 0.2) is 18.2 Å². The first kappa shape index (κ1) is 14.8. The van der Waals surface area contributed by atoms with E-state index < -0.39 is 0 Å². The Hall–Kier alpha value is -2.22. The van der Waals surface area contributed by atoms with Gasteiger partial charge in [0, 0.05) is 12.1 Å². The van der Waals surface area contributed by atoms with E-state index in [1.807, 2.05) is 19.9 Å². The third-order valence-electron chi connectivity index (χ3n) is 2.29. The molecule has 5 nitrogen and oxygen atoms in total. The smallest absolute Gasteiger partial charge is 0.223 e. The maximum atomic E-state index is 11.4. The van der Waals surface area contributed by atoms with Gasteiger partial charge in [-0.2, -0.15) is 5.26 Å². The molecule has 1 rings (SSSR count). The molecule has 0 aliphatic heterocycles. The number of nitriles is 1. The Morgan fingerprint density at radius 3 is 2.63 bits per heavy atom. The summed E-state index contributed by atoms with van der Waals surface area (Å²) in [6.45, 7) is 4.07. The molecule has 0 bridgehead atoms. The molecule has 1 aromatic carbocycles. The largest absolute Gasteiger partial charge is 0.497 e. The van der Waals surface area contributed by atoms with Gasteiger partial charge in [-0.05, 0) is 26.0 Å². The van der Waals surface area contributed by atoms with Crippen LogP contribution in [0.25, 0.3) is 0 Å². The molecule has 0 saturated heterocycles. The highest BCUT2D eigenvalue weighted by molar-refractivity contribution is 5.76. The van der Waals surface area contributed by atoms with Crippen molar-refractivity contribution in [1.29, 1.82) is 5.26 Å². The van der Waals surface area contributed by atoms with Crippen LogP contribution in [0.4, 0.5) is 0 Å². The molecule has 5 heteroatoms. The molecule has 0 unspecified atom stereocenters. The summed E-state index contributed by atoms with van der Waals surface area (Å²) in [6.07, 6.45) is 0.275. The number of nitrogens with one attached hydrogen (secondary N) is 1. The zero-order valence-corrected chi connectivity index (χ0v) is 11.4. The van der Waals surface area contributed by atoms with Gasteiger partial charge in [0.05, 0.1) is 31.8 Å². The van der Waals surface area contributed by atoms with Crippen molar-refractivity contribution in [2.75, 3.05) is 13.7 Å². The van der Waals surface area contributed by atoms with Gasteiger partial charge < -0.3 is 14.8 Å². The number of benzene rings is 1. The van der Waals surface area contributed by atoms with Crippen molar-refractivity contribution < 1.29 is 14.3 Å². The van der Waals surface area contributed by atoms with Crippen LogP contribution in [0, 0.1) is 11.3 Å². The van der Waals surface area contributed by atoms with Crippen LogP contribution in [-0.2, 0) is 4.79 Å². The quantitative estimate of drug-likeness (QED) is 0.849. The second kappa shape index (κ2) is 7.27. The second-order valence-electron chi connectivity index (χ2n) is 4.33. The van der Waals surface area contributed by atoms with Gasteiger partial charge in [-0.3, -0.25) is 4.79 Å². The molecule has 0 spiro atoms. The third kappa shape index (κ3) is 5.30. The van der Waals surface area contributed by atoms with E-state index >= 15 is 0 Å². The van der Waals surface area contributed by atoms with Gasteiger partial charge in [0.1, 0.15) is 11.5 Å². The third-order valence-corrected chi connectivity index (χ3v) is 2.29. The average Bonchev–Trinajstić information content (AvgIpc) is 2.37. The minimum absolute atomic E-state index is 0.0570. The van der Waals surface area contributed by atoms with Gasteiger partial charge in [0.25, 0.3) is 0 Å². The molecule has 102 valence electrons. The minimum atomic E-state index is -0.0570. The summed E-state index contributed by atoms with van der Waals surface area (Å²) >= 11 is 0. The molecule has 1 N–H and O–H groups in total. The molecule has 0 aliphatic carbocycles. The molecule has 0 atom stereocenters. The predicted octanol–water partition coefficient (Wildman–Crippen LogP) is 1.86. The Morgan fingerprint density at radius 1 is 1.37 bits per heavy atom. The van der Waals surface area contributed by atoms with Crippen LogP contribution in [0.1, 0.15) is 25.8 Å². The van der Waals surface area contributed by atoms with E-state index in [2.05, 4.69) is 5.32 Å². The Kier molecular flexibility index (Phi) is 5.68. The number of hydrogen-bond donors (Lipinski definition) is 1. The molecule has 0 radical (unpaired) electrons. The fourth-order valence-corrected chi connectivity index (χ4v) is 1.49. The van der Waals surface area contributed by atoms with Crippen LogP contribution in [0.3, 0.4) is 0 Å². The maximum Gasteiger partial charge on any atom is 0.223 e. The monoisotopic (exact) mass is 262 g/mol. The lowest BCUT2D eigenvalue weighted by atomic mass is 10.2. The van der Waals surface area contributed by atoms with Crippen LogP contribution >= 0.6 is 0 Å². The van der Waals surface area contributed by atoms with Crippen LogP contribution < -0.4 is 14.8 Å². The number of hydrogen-bond acceptors (Lipinski definition) is 4. The lowest BCUT2D eigenvalue weighted by Crippen LogP contribution is -2.31. The number of nitrogens with zero attached hydrogens (tertiary/aromatic N) is 1. The molecule has 0 fully saturated rings. The molecule has 1 aromatic rings. The van der Waals surface area contributed by atoms with E-state index in [0.717, 1.165) is 0 Å². The van der Waals surface area contributed by atoms with Crippen molar-refractivity contribution in [2.24, 2.45) is 0 Å². The number of carbonyl (C=O) groups excluding carboxylic acids is 1. The normalized spacial score (nSPS) is 9.84. The number of methoxy groups -OCH3 is 1. The molecule has 19 heavy (non-hydrogen) atoms. The Morgan fingerprint density at radius 2 is 2.05 bits per heavy atom. The zero-order chi connectivity index (χ0) is 14.3.